The fraction of sp³-hybridized carbons (Fsp3) is 0.222. The zero-order valence-corrected chi connectivity index (χ0v) is 29.7. The molecule has 0 N–H and O–H groups in total. The number of aryl methyl sites for hydroxylation is 2. The van der Waals surface area contributed by atoms with Crippen LogP contribution in [0.4, 0.5) is 0 Å². The molecular formula is C36H36IrN2Y-2. The zero-order chi connectivity index (χ0) is 25.8. The molecule has 0 fully saturated rings. The molecule has 4 aromatic carbocycles. The second-order valence-corrected chi connectivity index (χ2v) is 10.9. The molecule has 0 spiro atoms. The van der Waals surface area contributed by atoms with Crippen LogP contribution in [0, 0.1) is 27.3 Å². The third kappa shape index (κ3) is 5.39. The van der Waals surface area contributed by atoms with Gasteiger partial charge in [-0.25, -0.2) is 0 Å². The first-order valence-corrected chi connectivity index (χ1v) is 13.3. The van der Waals surface area contributed by atoms with Crippen molar-refractivity contribution >= 4 is 27.3 Å². The summed E-state index contributed by atoms with van der Waals surface area (Å²) in [7, 11) is 0. The maximum atomic E-state index is 5.04. The van der Waals surface area contributed by atoms with Crippen molar-refractivity contribution in [3.8, 4) is 22.4 Å². The van der Waals surface area contributed by atoms with Gasteiger partial charge in [-0.15, -0.1) is 29.7 Å². The molecule has 0 atom stereocenters. The van der Waals surface area contributed by atoms with E-state index in [0.717, 1.165) is 16.7 Å². The SMILES string of the molecule is Cc1cc2c3ccc[c-]c3c3ncc(-c4c(C(C)C)cc(-c5ccccc5)cc4C(C)C)n3c2cc1C.[CH3-].[Ir].[Y]. The first kappa shape index (κ1) is 32.4. The van der Waals surface area contributed by atoms with E-state index in [9.17, 15) is 0 Å². The standard InChI is InChI=1S/C35H33N2.CH3.Ir.Y/c1-21(2)29-18-26(25-12-8-7-9-13-25)19-30(22(3)4)34(29)33-20-36-35-28-15-11-10-14-27(28)31-16-23(5)24(6)17-32(31)37(33)35;;;/h7-14,16-22H,1-6H3;1H3;;/q2*-1;;. The molecule has 4 heteroatoms. The van der Waals surface area contributed by atoms with Crippen molar-refractivity contribution < 1.29 is 52.8 Å². The fourth-order valence-corrected chi connectivity index (χ4v) is 5.69. The van der Waals surface area contributed by atoms with Gasteiger partial charge in [0.1, 0.15) is 0 Å². The molecule has 0 aliphatic carbocycles. The molecule has 2 aromatic heterocycles. The minimum atomic E-state index is 0. The number of imidazole rings is 1. The average Bonchev–Trinajstić information content (AvgIpc) is 3.34. The van der Waals surface area contributed by atoms with E-state index in [2.05, 4.69) is 125 Å². The number of benzene rings is 4. The first-order chi connectivity index (χ1) is 17.8. The van der Waals surface area contributed by atoms with E-state index in [-0.39, 0.29) is 60.2 Å². The Hall–Kier alpha value is -2.16. The van der Waals surface area contributed by atoms with Crippen LogP contribution in [0.1, 0.15) is 61.8 Å². The van der Waals surface area contributed by atoms with E-state index < -0.39 is 0 Å². The van der Waals surface area contributed by atoms with Crippen LogP contribution in [0.5, 0.6) is 0 Å². The number of aromatic nitrogens is 2. The monoisotopic (exact) mass is 778 g/mol. The number of fused-ring (bicyclic) bond motifs is 6. The van der Waals surface area contributed by atoms with Gasteiger partial charge in [-0.2, -0.15) is 0 Å². The molecule has 2 heterocycles. The molecule has 204 valence electrons. The number of nitrogens with zero attached hydrogens (tertiary/aromatic N) is 2. The van der Waals surface area contributed by atoms with Gasteiger partial charge in [0, 0.05) is 70.1 Å². The van der Waals surface area contributed by atoms with Gasteiger partial charge in [-0.05, 0) is 70.5 Å². The molecule has 6 aromatic rings. The maximum absolute atomic E-state index is 5.04. The summed E-state index contributed by atoms with van der Waals surface area (Å²) in [6, 6.07) is 30.0. The Morgan fingerprint density at radius 3 is 2.00 bits per heavy atom. The third-order valence-electron chi connectivity index (χ3n) is 7.79. The summed E-state index contributed by atoms with van der Waals surface area (Å²) in [6.07, 6.45) is 2.08. The Balaban J connectivity index is 0.00000147. The number of pyridine rings is 1. The van der Waals surface area contributed by atoms with Crippen LogP contribution in [-0.2, 0) is 52.8 Å². The molecule has 0 aliphatic heterocycles. The second kappa shape index (κ2) is 12.8. The van der Waals surface area contributed by atoms with Crippen molar-refractivity contribution in [1.82, 2.24) is 9.38 Å². The smallest absolute Gasteiger partial charge is 0.0639 e. The van der Waals surface area contributed by atoms with Crippen LogP contribution in [0.3, 0.4) is 0 Å². The summed E-state index contributed by atoms with van der Waals surface area (Å²) in [6.45, 7) is 13.6. The third-order valence-corrected chi connectivity index (χ3v) is 7.79. The summed E-state index contributed by atoms with van der Waals surface area (Å²) in [5.41, 5.74) is 12.5. The molecule has 2 radical (unpaired) electrons. The minimum Gasteiger partial charge on any atom is -0.358 e. The van der Waals surface area contributed by atoms with Crippen molar-refractivity contribution in [3.63, 3.8) is 0 Å². The molecule has 6 rings (SSSR count). The van der Waals surface area contributed by atoms with Crippen LogP contribution in [0.2, 0.25) is 0 Å². The summed E-state index contributed by atoms with van der Waals surface area (Å²) in [5.74, 6) is 0.730. The largest absolute Gasteiger partial charge is 0.358 e. The molecule has 0 bridgehead atoms. The van der Waals surface area contributed by atoms with Gasteiger partial charge in [0.05, 0.1) is 11.3 Å². The normalized spacial score (nSPS) is 11.1. The van der Waals surface area contributed by atoms with Gasteiger partial charge in [0.2, 0.25) is 0 Å². The average molecular weight is 778 g/mol. The van der Waals surface area contributed by atoms with Crippen LogP contribution < -0.4 is 0 Å². The molecule has 40 heavy (non-hydrogen) atoms. The molecule has 0 amide bonds. The van der Waals surface area contributed by atoms with Gasteiger partial charge in [0.25, 0.3) is 0 Å². The van der Waals surface area contributed by atoms with Crippen molar-refractivity contribution in [2.75, 3.05) is 0 Å². The quantitative estimate of drug-likeness (QED) is 0.129. The van der Waals surface area contributed by atoms with Crippen LogP contribution in [0.25, 0.3) is 49.7 Å². The van der Waals surface area contributed by atoms with Crippen LogP contribution in [0.15, 0.2) is 79.0 Å². The molecule has 0 saturated heterocycles. The Morgan fingerprint density at radius 2 is 1.38 bits per heavy atom. The molecule has 0 aliphatic rings. The Bertz CT molecular complexity index is 1770. The van der Waals surface area contributed by atoms with E-state index >= 15 is 0 Å². The summed E-state index contributed by atoms with van der Waals surface area (Å²) in [4.78, 5) is 5.04. The number of hydrogen-bond donors (Lipinski definition) is 0. The van der Waals surface area contributed by atoms with Gasteiger partial charge < -0.3 is 11.8 Å². The molecular weight excluding hydrogens is 742 g/mol. The Labute approximate surface area is 277 Å². The maximum Gasteiger partial charge on any atom is 0.0639 e. The van der Waals surface area contributed by atoms with E-state index in [1.807, 2.05) is 6.07 Å². The van der Waals surface area contributed by atoms with E-state index in [4.69, 9.17) is 4.98 Å². The van der Waals surface area contributed by atoms with Crippen LogP contribution >= 0.6 is 0 Å². The van der Waals surface area contributed by atoms with Crippen molar-refractivity contribution in [1.29, 1.82) is 0 Å². The van der Waals surface area contributed by atoms with Gasteiger partial charge in [0.15, 0.2) is 0 Å². The number of hydrogen-bond acceptors (Lipinski definition) is 1. The predicted octanol–water partition coefficient (Wildman–Crippen LogP) is 10.1. The predicted molar refractivity (Wildman–Crippen MR) is 164 cm³/mol. The summed E-state index contributed by atoms with van der Waals surface area (Å²) >= 11 is 0. The summed E-state index contributed by atoms with van der Waals surface area (Å²) < 4.78 is 2.38. The Morgan fingerprint density at radius 1 is 0.750 bits per heavy atom. The van der Waals surface area contributed by atoms with Crippen molar-refractivity contribution in [2.45, 2.75) is 53.4 Å². The fourth-order valence-electron chi connectivity index (χ4n) is 5.69. The first-order valence-electron chi connectivity index (χ1n) is 13.3. The van der Waals surface area contributed by atoms with Gasteiger partial charge in [-0.3, -0.25) is 4.98 Å². The summed E-state index contributed by atoms with van der Waals surface area (Å²) in [5, 5.41) is 3.53. The number of rotatable bonds is 4. The Kier molecular flexibility index (Phi) is 10.3. The molecule has 0 saturated carbocycles. The van der Waals surface area contributed by atoms with E-state index in [1.54, 1.807) is 0 Å². The second-order valence-electron chi connectivity index (χ2n) is 10.9. The zero-order valence-electron chi connectivity index (χ0n) is 24.5. The van der Waals surface area contributed by atoms with Gasteiger partial charge in [-0.1, -0.05) is 81.6 Å². The van der Waals surface area contributed by atoms with E-state index in [1.165, 1.54) is 55.2 Å². The van der Waals surface area contributed by atoms with Gasteiger partial charge >= 0.3 is 0 Å². The topological polar surface area (TPSA) is 17.3 Å². The van der Waals surface area contributed by atoms with Crippen molar-refractivity contribution in [2.24, 2.45) is 0 Å². The molecule has 0 unspecified atom stereocenters. The van der Waals surface area contributed by atoms with E-state index in [0.29, 0.717) is 11.8 Å². The minimum absolute atomic E-state index is 0. The molecule has 2 nitrogen and oxygen atoms in total. The van der Waals surface area contributed by atoms with Crippen molar-refractivity contribution in [3.05, 3.63) is 115 Å². The van der Waals surface area contributed by atoms with Crippen LogP contribution in [-0.4, -0.2) is 9.38 Å².